The first-order valence-electron chi connectivity index (χ1n) is 11.6. The third kappa shape index (κ3) is 4.46. The van der Waals surface area contributed by atoms with Crippen molar-refractivity contribution in [2.75, 3.05) is 68.5 Å². The fraction of sp³-hybridized carbons (Fsp3) is 0.619. The summed E-state index contributed by atoms with van der Waals surface area (Å²) in [6.07, 6.45) is 6.11. The van der Waals surface area contributed by atoms with Gasteiger partial charge < -0.3 is 25.7 Å². The number of morpholine rings is 1. The van der Waals surface area contributed by atoms with Gasteiger partial charge in [0.05, 0.1) is 25.0 Å². The van der Waals surface area contributed by atoms with Crippen LogP contribution in [0.25, 0.3) is 16.7 Å². The summed E-state index contributed by atoms with van der Waals surface area (Å²) in [5.74, 6) is 2.49. The molecule has 0 bridgehead atoms. The van der Waals surface area contributed by atoms with Crippen molar-refractivity contribution >= 4 is 44.7 Å². The molecule has 4 heterocycles. The number of piperazine rings is 1. The summed E-state index contributed by atoms with van der Waals surface area (Å²) in [5, 5.41) is 7.76. The number of imidazole rings is 1. The number of nitrogens with one attached hydrogen (secondary N) is 1. The Kier molecular flexibility index (Phi) is 6.16. The summed E-state index contributed by atoms with van der Waals surface area (Å²) in [4.78, 5) is 18.9. The molecule has 12 nitrogen and oxygen atoms in total. The largest absolute Gasteiger partial charge is 0.404 e. The van der Waals surface area contributed by atoms with E-state index in [9.17, 15) is 8.42 Å². The smallest absolute Gasteiger partial charge is 0.211 e. The monoisotopic (exact) mass is 489 g/mol. The van der Waals surface area contributed by atoms with E-state index >= 15 is 0 Å². The van der Waals surface area contributed by atoms with E-state index in [1.165, 1.54) is 29.6 Å². The van der Waals surface area contributed by atoms with Crippen LogP contribution in [0.3, 0.4) is 0 Å². The number of nitrogens with zero attached hydrogens (tertiary/aromatic N) is 7. The molecule has 5 rings (SSSR count). The second-order valence-electron chi connectivity index (χ2n) is 9.02. The van der Waals surface area contributed by atoms with Crippen molar-refractivity contribution in [3.8, 4) is 0 Å². The predicted molar refractivity (Wildman–Crippen MR) is 131 cm³/mol. The molecule has 3 N–H and O–H groups in total. The molecule has 3 fully saturated rings. The van der Waals surface area contributed by atoms with Crippen molar-refractivity contribution in [3.05, 3.63) is 12.0 Å². The Morgan fingerprint density at radius 3 is 2.38 bits per heavy atom. The Bertz CT molecular complexity index is 1210. The van der Waals surface area contributed by atoms with Gasteiger partial charge in [-0.2, -0.15) is 4.31 Å². The van der Waals surface area contributed by atoms with E-state index in [4.69, 9.17) is 30.8 Å². The van der Waals surface area contributed by atoms with Crippen molar-refractivity contribution in [3.63, 3.8) is 0 Å². The van der Waals surface area contributed by atoms with E-state index in [0.29, 0.717) is 75.3 Å². The Morgan fingerprint density at radius 1 is 1.09 bits per heavy atom. The third-order valence-corrected chi connectivity index (χ3v) is 7.89. The Morgan fingerprint density at radius 2 is 1.79 bits per heavy atom. The third-order valence-electron chi connectivity index (χ3n) is 6.59. The van der Waals surface area contributed by atoms with Crippen LogP contribution >= 0.6 is 0 Å². The van der Waals surface area contributed by atoms with Crippen LogP contribution in [0, 0.1) is 11.3 Å². The molecule has 0 unspecified atom stereocenters. The molecule has 13 heteroatoms. The quantitative estimate of drug-likeness (QED) is 0.517. The average molecular weight is 490 g/mol. The molecule has 34 heavy (non-hydrogen) atoms. The van der Waals surface area contributed by atoms with E-state index in [-0.39, 0.29) is 0 Å². The number of sulfonamides is 1. The molecule has 2 aromatic heterocycles. The van der Waals surface area contributed by atoms with Gasteiger partial charge in [-0.15, -0.1) is 0 Å². The normalized spacial score (nSPS) is 20.8. The number of hydrogen-bond acceptors (Lipinski definition) is 10. The van der Waals surface area contributed by atoms with Gasteiger partial charge in [-0.25, -0.2) is 23.4 Å². The van der Waals surface area contributed by atoms with Crippen molar-refractivity contribution in [1.82, 2.24) is 23.8 Å². The van der Waals surface area contributed by atoms with Crippen LogP contribution in [0.15, 0.2) is 6.20 Å². The van der Waals surface area contributed by atoms with E-state index in [0.717, 1.165) is 30.2 Å². The number of anilines is 2. The van der Waals surface area contributed by atoms with Gasteiger partial charge in [0.15, 0.2) is 22.8 Å². The van der Waals surface area contributed by atoms with Crippen LogP contribution in [0.1, 0.15) is 18.7 Å². The lowest BCUT2D eigenvalue weighted by Gasteiger charge is -2.34. The average Bonchev–Trinajstić information content (AvgIpc) is 3.59. The Hall–Kier alpha value is -2.77. The molecule has 0 radical (unpaired) electrons. The second kappa shape index (κ2) is 9.12. The van der Waals surface area contributed by atoms with Gasteiger partial charge in [0.2, 0.25) is 16.0 Å². The Labute approximate surface area is 199 Å². The lowest BCUT2D eigenvalue weighted by molar-refractivity contribution is 0.122. The van der Waals surface area contributed by atoms with Gasteiger partial charge in [-0.1, -0.05) is 0 Å². The maximum Gasteiger partial charge on any atom is 0.211 e. The minimum Gasteiger partial charge on any atom is -0.404 e. The lowest BCUT2D eigenvalue weighted by Crippen LogP contribution is -2.49. The molecule has 0 atom stereocenters. The van der Waals surface area contributed by atoms with Gasteiger partial charge in [-0.05, 0) is 18.8 Å². The van der Waals surface area contributed by atoms with Crippen molar-refractivity contribution in [2.24, 2.45) is 11.7 Å². The molecule has 0 spiro atoms. The van der Waals surface area contributed by atoms with E-state index in [1.54, 1.807) is 0 Å². The summed E-state index contributed by atoms with van der Waals surface area (Å²) in [5.41, 5.74) is 7.66. The van der Waals surface area contributed by atoms with Gasteiger partial charge in [0.1, 0.15) is 0 Å². The molecule has 0 amide bonds. The summed E-state index contributed by atoms with van der Waals surface area (Å²) < 4.78 is 33.2. The van der Waals surface area contributed by atoms with E-state index < -0.39 is 10.0 Å². The molecule has 2 aliphatic heterocycles. The highest BCUT2D eigenvalue weighted by molar-refractivity contribution is 7.88. The van der Waals surface area contributed by atoms with Crippen LogP contribution in [0.5, 0.6) is 0 Å². The molecule has 3 aliphatic rings. The first-order valence-corrected chi connectivity index (χ1v) is 13.5. The minimum absolute atomic E-state index is 0.400. The summed E-state index contributed by atoms with van der Waals surface area (Å²) in [6.45, 7) is 5.35. The molecule has 2 aromatic rings. The highest BCUT2D eigenvalue weighted by Gasteiger charge is 2.32. The fourth-order valence-electron chi connectivity index (χ4n) is 4.47. The van der Waals surface area contributed by atoms with Gasteiger partial charge in [0.25, 0.3) is 0 Å². The van der Waals surface area contributed by atoms with Crippen molar-refractivity contribution < 1.29 is 13.2 Å². The molecule has 2 saturated heterocycles. The predicted octanol–water partition coefficient (Wildman–Crippen LogP) is 0.104. The zero-order valence-electron chi connectivity index (χ0n) is 19.4. The molecule has 0 aromatic carbocycles. The Balaban J connectivity index is 1.62. The van der Waals surface area contributed by atoms with Crippen LogP contribution in [-0.4, -0.2) is 97.2 Å². The maximum absolute atomic E-state index is 12.0. The number of hydrogen-bond donors (Lipinski definition) is 2. The zero-order valence-corrected chi connectivity index (χ0v) is 20.2. The lowest BCUT2D eigenvalue weighted by atomic mass is 10.2. The number of fused-ring (bicyclic) bond motifs is 1. The molecule has 184 valence electrons. The SMILES string of the molecule is CS(=O)(=O)N1CCN(c2nc3c(N4CCOCC4)nc(/C(C=N)=C/N)nc3n2CC2CC2)CC1. The van der Waals surface area contributed by atoms with E-state index in [2.05, 4.69) is 14.4 Å². The molecule has 1 saturated carbocycles. The van der Waals surface area contributed by atoms with Gasteiger partial charge >= 0.3 is 0 Å². The van der Waals surface area contributed by atoms with Crippen LogP contribution < -0.4 is 15.5 Å². The number of nitrogens with two attached hydrogens (primary N) is 1. The van der Waals surface area contributed by atoms with Crippen LogP contribution in [0.4, 0.5) is 11.8 Å². The first kappa shape index (κ1) is 23.0. The second-order valence-corrected chi connectivity index (χ2v) is 11.0. The maximum atomic E-state index is 12.0. The number of aromatic nitrogens is 4. The topological polar surface area (TPSA) is 147 Å². The van der Waals surface area contributed by atoms with Crippen LogP contribution in [-0.2, 0) is 21.3 Å². The first-order chi connectivity index (χ1) is 16.4. The van der Waals surface area contributed by atoms with Gasteiger partial charge in [0, 0.05) is 58.2 Å². The number of rotatable bonds is 7. The number of allylic oxidation sites excluding steroid dienone is 1. The highest BCUT2D eigenvalue weighted by atomic mass is 32.2. The minimum atomic E-state index is -3.22. The highest BCUT2D eigenvalue weighted by Crippen LogP contribution is 2.36. The van der Waals surface area contributed by atoms with Gasteiger partial charge in [-0.3, -0.25) is 4.57 Å². The summed E-state index contributed by atoms with van der Waals surface area (Å²) in [7, 11) is -3.22. The summed E-state index contributed by atoms with van der Waals surface area (Å²) >= 11 is 0. The van der Waals surface area contributed by atoms with Crippen molar-refractivity contribution in [1.29, 1.82) is 5.41 Å². The van der Waals surface area contributed by atoms with Crippen LogP contribution in [0.2, 0.25) is 0 Å². The van der Waals surface area contributed by atoms with Crippen molar-refractivity contribution in [2.45, 2.75) is 19.4 Å². The molecular formula is C21H31N9O3S. The molecule has 1 aliphatic carbocycles. The summed E-state index contributed by atoms with van der Waals surface area (Å²) in [6, 6.07) is 0. The standard InChI is InChI=1S/C21H31N9O3S/c1-34(31,32)29-6-4-28(5-7-29)21-24-17-19(27-8-10-33-11-9-27)25-18(16(12-22)13-23)26-20(17)30(21)14-15-2-3-15/h12-13,15,22H,2-11,14,23H2,1H3/b16-13+,22-12?. The fourth-order valence-corrected chi connectivity index (χ4v) is 5.30. The number of ether oxygens (including phenoxy) is 1. The molecular weight excluding hydrogens is 458 g/mol. The zero-order chi connectivity index (χ0) is 23.9. The van der Waals surface area contributed by atoms with E-state index in [1.807, 2.05) is 0 Å².